The van der Waals surface area contributed by atoms with E-state index in [0.29, 0.717) is 5.92 Å². The molecule has 0 bridgehead atoms. The second-order valence-electron chi connectivity index (χ2n) is 3.48. The molecule has 0 aliphatic rings. The Kier molecular flexibility index (Phi) is 5.56. The van der Waals surface area contributed by atoms with Crippen molar-refractivity contribution < 1.29 is 8.42 Å². The topological polar surface area (TPSA) is 46.2 Å². The number of sulfone groups is 1. The third-order valence-electron chi connectivity index (χ3n) is 2.57. The van der Waals surface area contributed by atoms with Crippen LogP contribution in [-0.4, -0.2) is 33.0 Å². The third kappa shape index (κ3) is 4.62. The molecule has 0 heterocycles. The van der Waals surface area contributed by atoms with E-state index in [1.165, 1.54) is 0 Å². The minimum Gasteiger partial charge on any atom is -0.316 e. The molecule has 80 valence electrons. The van der Waals surface area contributed by atoms with E-state index in [1.807, 2.05) is 7.05 Å². The van der Waals surface area contributed by atoms with Crippen molar-refractivity contribution in [3.63, 3.8) is 0 Å². The molecule has 4 heteroatoms. The third-order valence-corrected chi connectivity index (χ3v) is 4.32. The van der Waals surface area contributed by atoms with E-state index in [-0.39, 0.29) is 17.5 Å². The molecule has 0 rings (SSSR count). The van der Waals surface area contributed by atoms with Crippen LogP contribution in [0.2, 0.25) is 0 Å². The maximum absolute atomic E-state index is 11.3. The summed E-state index contributed by atoms with van der Waals surface area (Å²) in [6.07, 6.45) is 1.00. The molecule has 0 fully saturated rings. The first-order valence-corrected chi connectivity index (χ1v) is 6.66. The largest absolute Gasteiger partial charge is 0.316 e. The number of rotatable bonds is 6. The summed E-state index contributed by atoms with van der Waals surface area (Å²) in [6.45, 7) is 5.85. The number of nitrogens with one attached hydrogen (secondary N) is 1. The predicted molar refractivity (Wildman–Crippen MR) is 56.6 cm³/mol. The molecule has 2 atom stereocenters. The van der Waals surface area contributed by atoms with Gasteiger partial charge in [-0.1, -0.05) is 27.2 Å². The van der Waals surface area contributed by atoms with Gasteiger partial charge in [-0.3, -0.25) is 0 Å². The summed E-state index contributed by atoms with van der Waals surface area (Å²) in [6, 6.07) is 0.0925. The zero-order valence-electron chi connectivity index (χ0n) is 9.00. The highest BCUT2D eigenvalue weighted by Crippen LogP contribution is 2.09. The highest BCUT2D eigenvalue weighted by molar-refractivity contribution is 7.91. The number of hydrogen-bond donors (Lipinski definition) is 1. The highest BCUT2D eigenvalue weighted by Gasteiger charge is 2.20. The Morgan fingerprint density at radius 2 is 1.85 bits per heavy atom. The zero-order valence-corrected chi connectivity index (χ0v) is 9.82. The molecule has 0 radical (unpaired) electrons. The smallest absolute Gasteiger partial charge is 0.151 e. The summed E-state index contributed by atoms with van der Waals surface area (Å²) in [7, 11) is -1.03. The van der Waals surface area contributed by atoms with E-state index in [9.17, 15) is 8.42 Å². The van der Waals surface area contributed by atoms with E-state index in [2.05, 4.69) is 19.2 Å². The van der Waals surface area contributed by atoms with Gasteiger partial charge in [0, 0.05) is 11.8 Å². The molecule has 0 spiro atoms. The minimum absolute atomic E-state index is 0.0925. The lowest BCUT2D eigenvalue weighted by Gasteiger charge is -2.21. The van der Waals surface area contributed by atoms with Crippen molar-refractivity contribution in [1.82, 2.24) is 5.32 Å². The molecular formula is C9H21NO2S. The predicted octanol–water partition coefficient (Wildman–Crippen LogP) is 1.06. The fourth-order valence-electron chi connectivity index (χ4n) is 1.21. The molecule has 0 saturated heterocycles. The van der Waals surface area contributed by atoms with E-state index >= 15 is 0 Å². The van der Waals surface area contributed by atoms with Gasteiger partial charge >= 0.3 is 0 Å². The van der Waals surface area contributed by atoms with Gasteiger partial charge < -0.3 is 5.32 Å². The summed E-state index contributed by atoms with van der Waals surface area (Å²) in [5.41, 5.74) is 0. The van der Waals surface area contributed by atoms with Crippen LogP contribution in [0, 0.1) is 5.92 Å². The van der Waals surface area contributed by atoms with Crippen molar-refractivity contribution in [2.45, 2.75) is 33.2 Å². The summed E-state index contributed by atoms with van der Waals surface area (Å²) < 4.78 is 22.7. The van der Waals surface area contributed by atoms with Gasteiger partial charge in [0.1, 0.15) is 0 Å². The summed E-state index contributed by atoms with van der Waals surface area (Å²) in [5, 5.41) is 3.06. The molecular weight excluding hydrogens is 186 g/mol. The second-order valence-corrected chi connectivity index (χ2v) is 5.88. The Bertz CT molecular complexity index is 224. The standard InChI is InChI=1S/C9H21NO2S/c1-5-8(3)9(10-4)7-13(11,12)6-2/h8-10H,5-7H2,1-4H3. The molecule has 0 aromatic rings. The summed E-state index contributed by atoms with van der Waals surface area (Å²) in [4.78, 5) is 0. The summed E-state index contributed by atoms with van der Waals surface area (Å²) in [5.74, 6) is 0.905. The van der Waals surface area contributed by atoms with Crippen molar-refractivity contribution in [2.75, 3.05) is 18.6 Å². The molecule has 13 heavy (non-hydrogen) atoms. The normalized spacial score (nSPS) is 16.9. The van der Waals surface area contributed by atoms with Gasteiger partial charge in [0.05, 0.1) is 5.75 Å². The second kappa shape index (κ2) is 5.60. The van der Waals surface area contributed by atoms with Gasteiger partial charge in [-0.2, -0.15) is 0 Å². The fraction of sp³-hybridized carbons (Fsp3) is 1.00. The van der Waals surface area contributed by atoms with Gasteiger partial charge in [-0.05, 0) is 13.0 Å². The monoisotopic (exact) mass is 207 g/mol. The molecule has 2 unspecified atom stereocenters. The molecule has 0 amide bonds. The van der Waals surface area contributed by atoms with Crippen LogP contribution < -0.4 is 5.32 Å². The van der Waals surface area contributed by atoms with Crippen LogP contribution >= 0.6 is 0 Å². The van der Waals surface area contributed by atoms with E-state index in [0.717, 1.165) is 6.42 Å². The Morgan fingerprint density at radius 1 is 1.31 bits per heavy atom. The minimum atomic E-state index is -2.85. The Balaban J connectivity index is 4.29. The molecule has 0 aliphatic heterocycles. The molecule has 3 nitrogen and oxygen atoms in total. The fourth-order valence-corrected chi connectivity index (χ4v) is 2.49. The van der Waals surface area contributed by atoms with Gasteiger partial charge in [-0.15, -0.1) is 0 Å². The van der Waals surface area contributed by atoms with Crippen molar-refractivity contribution in [3.05, 3.63) is 0 Å². The highest BCUT2D eigenvalue weighted by atomic mass is 32.2. The Morgan fingerprint density at radius 3 is 2.15 bits per heavy atom. The van der Waals surface area contributed by atoms with Crippen LogP contribution in [0.4, 0.5) is 0 Å². The maximum Gasteiger partial charge on any atom is 0.151 e. The molecule has 0 aromatic heterocycles. The zero-order chi connectivity index (χ0) is 10.5. The van der Waals surface area contributed by atoms with E-state index < -0.39 is 9.84 Å². The van der Waals surface area contributed by atoms with Crippen LogP contribution in [0.3, 0.4) is 0 Å². The number of hydrogen-bond acceptors (Lipinski definition) is 3. The molecule has 1 N–H and O–H groups in total. The quantitative estimate of drug-likeness (QED) is 0.708. The lowest BCUT2D eigenvalue weighted by atomic mass is 10.0. The van der Waals surface area contributed by atoms with Crippen LogP contribution in [0.15, 0.2) is 0 Å². The van der Waals surface area contributed by atoms with E-state index in [1.54, 1.807) is 6.92 Å². The van der Waals surface area contributed by atoms with Crippen molar-refractivity contribution in [2.24, 2.45) is 5.92 Å². The van der Waals surface area contributed by atoms with Crippen LogP contribution in [0.1, 0.15) is 27.2 Å². The van der Waals surface area contributed by atoms with Gasteiger partial charge in [0.25, 0.3) is 0 Å². The van der Waals surface area contributed by atoms with Crippen molar-refractivity contribution in [1.29, 1.82) is 0 Å². The molecule has 0 aromatic carbocycles. The first-order valence-electron chi connectivity index (χ1n) is 4.84. The van der Waals surface area contributed by atoms with Crippen LogP contribution in [-0.2, 0) is 9.84 Å². The van der Waals surface area contributed by atoms with Gasteiger partial charge in [-0.25, -0.2) is 8.42 Å². The van der Waals surface area contributed by atoms with Crippen molar-refractivity contribution in [3.8, 4) is 0 Å². The lowest BCUT2D eigenvalue weighted by Crippen LogP contribution is -2.38. The Hall–Kier alpha value is -0.0900. The van der Waals surface area contributed by atoms with Crippen LogP contribution in [0.5, 0.6) is 0 Å². The van der Waals surface area contributed by atoms with Crippen LogP contribution in [0.25, 0.3) is 0 Å². The van der Waals surface area contributed by atoms with E-state index in [4.69, 9.17) is 0 Å². The summed E-state index contributed by atoms with van der Waals surface area (Å²) >= 11 is 0. The average molecular weight is 207 g/mol. The molecule has 0 saturated carbocycles. The van der Waals surface area contributed by atoms with Crippen molar-refractivity contribution >= 4 is 9.84 Å². The Labute approximate surface area is 81.8 Å². The SMILES string of the molecule is CCC(C)C(CS(=O)(=O)CC)NC. The average Bonchev–Trinajstić information content (AvgIpc) is 2.13. The lowest BCUT2D eigenvalue weighted by molar-refractivity contribution is 0.414. The maximum atomic E-state index is 11.3. The van der Waals surface area contributed by atoms with Gasteiger partial charge in [0.2, 0.25) is 0 Å². The van der Waals surface area contributed by atoms with Gasteiger partial charge in [0.15, 0.2) is 9.84 Å². The first-order chi connectivity index (χ1) is 5.96. The first kappa shape index (κ1) is 12.9. The molecule has 0 aliphatic carbocycles.